The highest BCUT2D eigenvalue weighted by Crippen LogP contribution is 2.32. The number of hydrogen-bond donors (Lipinski definition) is 1. The van der Waals surface area contributed by atoms with Gasteiger partial charge in [-0.05, 0) is 25.5 Å². The van der Waals surface area contributed by atoms with E-state index < -0.39 is 0 Å². The van der Waals surface area contributed by atoms with Crippen LogP contribution in [0.2, 0.25) is 0 Å². The Morgan fingerprint density at radius 3 is 2.83 bits per heavy atom. The van der Waals surface area contributed by atoms with Crippen LogP contribution in [0.5, 0.6) is 0 Å². The lowest BCUT2D eigenvalue weighted by Crippen LogP contribution is -1.87. The summed E-state index contributed by atoms with van der Waals surface area (Å²) >= 11 is 1.72. The molecule has 0 saturated heterocycles. The third-order valence-corrected chi connectivity index (χ3v) is 3.36. The van der Waals surface area contributed by atoms with Crippen molar-refractivity contribution in [1.82, 2.24) is 4.98 Å². The second-order valence-corrected chi connectivity index (χ2v) is 4.08. The van der Waals surface area contributed by atoms with Gasteiger partial charge in [-0.15, -0.1) is 11.3 Å². The first-order chi connectivity index (χ1) is 5.70. The van der Waals surface area contributed by atoms with Crippen LogP contribution in [-0.4, -0.2) is 4.98 Å². The van der Waals surface area contributed by atoms with E-state index in [0.717, 1.165) is 4.70 Å². The Hall–Kier alpha value is -1.09. The van der Waals surface area contributed by atoms with E-state index in [9.17, 15) is 0 Å². The van der Waals surface area contributed by atoms with Crippen LogP contribution in [0.15, 0.2) is 12.3 Å². The van der Waals surface area contributed by atoms with Crippen molar-refractivity contribution >= 4 is 27.2 Å². The molecule has 2 heterocycles. The van der Waals surface area contributed by atoms with Gasteiger partial charge in [0.05, 0.1) is 4.70 Å². The molecule has 0 spiro atoms. The first kappa shape index (κ1) is 7.55. The molecule has 0 aliphatic heterocycles. The maximum absolute atomic E-state index is 5.74. The predicted octanol–water partition coefficient (Wildman–Crippen LogP) is 2.50. The molecule has 2 rings (SSSR count). The molecule has 2 aromatic heterocycles. The number of nitrogen functional groups attached to an aromatic ring is 1. The van der Waals surface area contributed by atoms with Crippen molar-refractivity contribution in [2.24, 2.45) is 0 Å². The number of fused-ring (bicyclic) bond motifs is 1. The number of thiophene rings is 1. The Morgan fingerprint density at radius 2 is 2.17 bits per heavy atom. The van der Waals surface area contributed by atoms with E-state index in [1.165, 1.54) is 15.8 Å². The molecule has 0 bridgehead atoms. The topological polar surface area (TPSA) is 38.9 Å². The van der Waals surface area contributed by atoms with Crippen LogP contribution in [0.25, 0.3) is 10.1 Å². The standard InChI is InChI=1S/C9H10N2S/c1-5-6(2)12-8-7(5)3-4-11-9(8)10/h3-4H,1-2H3,(H2,10,11). The van der Waals surface area contributed by atoms with E-state index in [4.69, 9.17) is 5.73 Å². The van der Waals surface area contributed by atoms with Crippen LogP contribution in [0.3, 0.4) is 0 Å². The van der Waals surface area contributed by atoms with Gasteiger partial charge in [0.25, 0.3) is 0 Å². The smallest absolute Gasteiger partial charge is 0.141 e. The van der Waals surface area contributed by atoms with E-state index in [-0.39, 0.29) is 0 Å². The maximum atomic E-state index is 5.74. The molecule has 0 saturated carbocycles. The lowest BCUT2D eigenvalue weighted by atomic mass is 10.2. The fraction of sp³-hybridized carbons (Fsp3) is 0.222. The van der Waals surface area contributed by atoms with Crippen LogP contribution < -0.4 is 5.73 Å². The molecule has 12 heavy (non-hydrogen) atoms. The van der Waals surface area contributed by atoms with E-state index in [0.29, 0.717) is 5.82 Å². The van der Waals surface area contributed by atoms with Crippen LogP contribution >= 0.6 is 11.3 Å². The van der Waals surface area contributed by atoms with Crippen molar-refractivity contribution < 1.29 is 0 Å². The summed E-state index contributed by atoms with van der Waals surface area (Å²) in [5.74, 6) is 0.647. The Kier molecular flexibility index (Phi) is 1.54. The molecule has 62 valence electrons. The molecule has 2 nitrogen and oxygen atoms in total. The van der Waals surface area contributed by atoms with Crippen LogP contribution in [0, 0.1) is 13.8 Å². The number of nitrogens with two attached hydrogens (primary N) is 1. The van der Waals surface area contributed by atoms with E-state index in [1.807, 2.05) is 6.07 Å². The highest BCUT2D eigenvalue weighted by molar-refractivity contribution is 7.19. The number of anilines is 1. The molecule has 0 aromatic carbocycles. The van der Waals surface area contributed by atoms with Gasteiger partial charge in [0, 0.05) is 16.5 Å². The zero-order valence-electron chi connectivity index (χ0n) is 7.09. The highest BCUT2D eigenvalue weighted by atomic mass is 32.1. The molecule has 2 N–H and O–H groups in total. The summed E-state index contributed by atoms with van der Waals surface area (Å²) in [7, 11) is 0. The van der Waals surface area contributed by atoms with Crippen LogP contribution in [0.4, 0.5) is 5.82 Å². The summed E-state index contributed by atoms with van der Waals surface area (Å²) in [5.41, 5.74) is 7.06. The van der Waals surface area contributed by atoms with E-state index >= 15 is 0 Å². The Labute approximate surface area is 75.0 Å². The molecule has 0 amide bonds. The Balaban J connectivity index is 2.95. The molecule has 0 atom stereocenters. The average Bonchev–Trinajstić information content (AvgIpc) is 2.32. The zero-order valence-corrected chi connectivity index (χ0v) is 7.90. The highest BCUT2D eigenvalue weighted by Gasteiger charge is 2.06. The van der Waals surface area contributed by atoms with Crippen LogP contribution in [0.1, 0.15) is 10.4 Å². The number of nitrogens with zero attached hydrogens (tertiary/aromatic N) is 1. The Morgan fingerprint density at radius 1 is 1.42 bits per heavy atom. The average molecular weight is 178 g/mol. The maximum Gasteiger partial charge on any atom is 0.141 e. The van der Waals surface area contributed by atoms with Gasteiger partial charge >= 0.3 is 0 Å². The number of rotatable bonds is 0. The largest absolute Gasteiger partial charge is 0.383 e. The quantitative estimate of drug-likeness (QED) is 0.673. The molecular weight excluding hydrogens is 168 g/mol. The minimum atomic E-state index is 0.647. The fourth-order valence-corrected chi connectivity index (χ4v) is 2.34. The lowest BCUT2D eigenvalue weighted by Gasteiger charge is -1.93. The van der Waals surface area contributed by atoms with Crippen molar-refractivity contribution in [3.05, 3.63) is 22.7 Å². The lowest BCUT2D eigenvalue weighted by molar-refractivity contribution is 1.37. The molecule has 0 aliphatic carbocycles. The number of pyridine rings is 1. The third-order valence-electron chi connectivity index (χ3n) is 2.12. The van der Waals surface area contributed by atoms with Gasteiger partial charge in [0.15, 0.2) is 0 Å². The van der Waals surface area contributed by atoms with Crippen molar-refractivity contribution in [2.75, 3.05) is 5.73 Å². The van der Waals surface area contributed by atoms with Crippen molar-refractivity contribution in [1.29, 1.82) is 0 Å². The fourth-order valence-electron chi connectivity index (χ4n) is 1.29. The van der Waals surface area contributed by atoms with Gasteiger partial charge in [0.2, 0.25) is 0 Å². The number of aryl methyl sites for hydroxylation is 2. The minimum absolute atomic E-state index is 0.647. The van der Waals surface area contributed by atoms with Gasteiger partial charge in [-0.25, -0.2) is 4.98 Å². The molecular formula is C9H10N2S. The SMILES string of the molecule is Cc1sc2c(N)nccc2c1C. The Bertz CT molecular complexity index is 431. The first-order valence-electron chi connectivity index (χ1n) is 3.80. The molecule has 3 heteroatoms. The monoisotopic (exact) mass is 178 g/mol. The summed E-state index contributed by atoms with van der Waals surface area (Å²) in [4.78, 5) is 5.37. The van der Waals surface area contributed by atoms with Gasteiger partial charge in [-0.3, -0.25) is 0 Å². The summed E-state index contributed by atoms with van der Waals surface area (Å²) in [6.45, 7) is 4.23. The van der Waals surface area contributed by atoms with Gasteiger partial charge < -0.3 is 5.73 Å². The second-order valence-electron chi connectivity index (χ2n) is 2.86. The van der Waals surface area contributed by atoms with Crippen LogP contribution in [-0.2, 0) is 0 Å². The number of aromatic nitrogens is 1. The summed E-state index contributed by atoms with van der Waals surface area (Å²) in [6, 6.07) is 2.02. The summed E-state index contributed by atoms with van der Waals surface area (Å²) < 4.78 is 1.12. The zero-order chi connectivity index (χ0) is 8.72. The third kappa shape index (κ3) is 0.898. The summed E-state index contributed by atoms with van der Waals surface area (Å²) in [5, 5.41) is 1.24. The van der Waals surface area contributed by atoms with Crippen molar-refractivity contribution in [3.63, 3.8) is 0 Å². The van der Waals surface area contributed by atoms with Crippen molar-refractivity contribution in [3.8, 4) is 0 Å². The molecule has 0 fully saturated rings. The number of hydrogen-bond acceptors (Lipinski definition) is 3. The minimum Gasteiger partial charge on any atom is -0.383 e. The molecule has 0 aliphatic rings. The van der Waals surface area contributed by atoms with Crippen molar-refractivity contribution in [2.45, 2.75) is 13.8 Å². The van der Waals surface area contributed by atoms with Gasteiger partial charge in [-0.2, -0.15) is 0 Å². The van der Waals surface area contributed by atoms with E-state index in [1.54, 1.807) is 17.5 Å². The summed E-state index contributed by atoms with van der Waals surface area (Å²) in [6.07, 6.45) is 1.76. The first-order valence-corrected chi connectivity index (χ1v) is 4.62. The molecule has 0 unspecified atom stereocenters. The normalized spacial score (nSPS) is 10.8. The van der Waals surface area contributed by atoms with E-state index in [2.05, 4.69) is 18.8 Å². The van der Waals surface area contributed by atoms with Gasteiger partial charge in [-0.1, -0.05) is 0 Å². The molecule has 2 aromatic rings. The second kappa shape index (κ2) is 2.45. The predicted molar refractivity (Wildman–Crippen MR) is 53.5 cm³/mol. The van der Waals surface area contributed by atoms with Gasteiger partial charge in [0.1, 0.15) is 5.82 Å². The molecule has 0 radical (unpaired) electrons.